The van der Waals surface area contributed by atoms with Gasteiger partial charge in [-0.1, -0.05) is 6.92 Å². The van der Waals surface area contributed by atoms with Crippen LogP contribution in [0.2, 0.25) is 0 Å². The molecule has 0 aliphatic carbocycles. The van der Waals surface area contributed by atoms with Gasteiger partial charge in [-0.25, -0.2) is 9.98 Å². The fourth-order valence-corrected chi connectivity index (χ4v) is 0.895. The molecule has 1 rings (SSSR count). The van der Waals surface area contributed by atoms with Crippen LogP contribution in [0, 0.1) is 0 Å². The summed E-state index contributed by atoms with van der Waals surface area (Å²) in [5.74, 6) is -0.478. The van der Waals surface area contributed by atoms with E-state index in [2.05, 4.69) is 22.2 Å². The van der Waals surface area contributed by atoms with Gasteiger partial charge >= 0.3 is 29.6 Å². The SMILES string of the molecule is CCO/C([O-])=C1\C=NC(=S)N=C1N.[Na+]. The average Bonchev–Trinajstić information content (AvgIpc) is 2.04. The topological polar surface area (TPSA) is 83.0 Å². The zero-order chi connectivity index (χ0) is 9.84. The zero-order valence-corrected chi connectivity index (χ0v) is 10.8. The van der Waals surface area contributed by atoms with Gasteiger partial charge in [0.1, 0.15) is 5.84 Å². The first kappa shape index (κ1) is 13.6. The van der Waals surface area contributed by atoms with Crippen molar-refractivity contribution in [1.29, 1.82) is 0 Å². The molecule has 0 aromatic heterocycles. The minimum absolute atomic E-state index is 0. The third kappa shape index (κ3) is 3.38. The smallest absolute Gasteiger partial charge is 0.613 e. The normalized spacial score (nSPS) is 18.4. The van der Waals surface area contributed by atoms with Crippen LogP contribution in [0.4, 0.5) is 0 Å². The Labute approximate surface area is 109 Å². The Bertz CT molecular complexity index is 325. The quantitative estimate of drug-likeness (QED) is 0.296. The number of thiocarbonyl (C=S) groups is 1. The summed E-state index contributed by atoms with van der Waals surface area (Å²) in [6, 6.07) is 0. The first-order chi connectivity index (χ1) is 6.15. The summed E-state index contributed by atoms with van der Waals surface area (Å²) < 4.78 is 4.72. The Morgan fingerprint density at radius 2 is 2.36 bits per heavy atom. The summed E-state index contributed by atoms with van der Waals surface area (Å²) in [6.45, 7) is 1.99. The Hall–Kier alpha value is -0.430. The van der Waals surface area contributed by atoms with Crippen LogP contribution in [0.25, 0.3) is 0 Å². The third-order valence-corrected chi connectivity index (χ3v) is 1.49. The van der Waals surface area contributed by atoms with E-state index in [1.165, 1.54) is 6.21 Å². The predicted octanol–water partition coefficient (Wildman–Crippen LogP) is -3.67. The minimum atomic E-state index is -0.532. The van der Waals surface area contributed by atoms with Crippen molar-refractivity contribution in [2.45, 2.75) is 6.92 Å². The van der Waals surface area contributed by atoms with E-state index in [0.717, 1.165) is 0 Å². The predicted molar refractivity (Wildman–Crippen MR) is 51.4 cm³/mol. The van der Waals surface area contributed by atoms with Crippen LogP contribution in [-0.4, -0.2) is 23.8 Å². The van der Waals surface area contributed by atoms with Crippen molar-refractivity contribution in [3.8, 4) is 0 Å². The van der Waals surface area contributed by atoms with Crippen LogP contribution in [0.15, 0.2) is 21.5 Å². The number of rotatable bonds is 2. The van der Waals surface area contributed by atoms with Gasteiger partial charge in [0.05, 0.1) is 11.5 Å². The summed E-state index contributed by atoms with van der Waals surface area (Å²) >= 11 is 4.66. The van der Waals surface area contributed by atoms with Crippen molar-refractivity contribution in [2.75, 3.05) is 6.61 Å². The number of nitrogens with zero attached hydrogens (tertiary/aromatic N) is 2. The molecule has 70 valence electrons. The van der Waals surface area contributed by atoms with E-state index in [1.54, 1.807) is 6.92 Å². The Balaban J connectivity index is 0.00000169. The number of hydrogen-bond donors (Lipinski definition) is 1. The Kier molecular flexibility index (Phi) is 5.94. The van der Waals surface area contributed by atoms with Crippen LogP contribution >= 0.6 is 12.2 Å². The Morgan fingerprint density at radius 1 is 1.71 bits per heavy atom. The number of ether oxygens (including phenoxy) is 1. The van der Waals surface area contributed by atoms with Gasteiger partial charge in [0.25, 0.3) is 0 Å². The molecule has 5 nitrogen and oxygen atoms in total. The molecule has 0 saturated carbocycles. The largest absolute Gasteiger partial charge is 1.00 e. The molecule has 1 aliphatic heterocycles. The van der Waals surface area contributed by atoms with E-state index in [9.17, 15) is 5.11 Å². The van der Waals surface area contributed by atoms with Crippen molar-refractivity contribution >= 4 is 29.4 Å². The fraction of sp³-hybridized carbons (Fsp3) is 0.286. The fourth-order valence-electron chi connectivity index (χ4n) is 0.744. The Morgan fingerprint density at radius 3 is 2.86 bits per heavy atom. The maximum atomic E-state index is 11.2. The van der Waals surface area contributed by atoms with Gasteiger partial charge in [-0.2, -0.15) is 0 Å². The molecule has 2 N–H and O–H groups in total. The summed E-state index contributed by atoms with van der Waals surface area (Å²) in [7, 11) is 0. The maximum absolute atomic E-state index is 11.2. The standard InChI is InChI=1S/C7H9N3O2S.Na/c1-2-12-6(11)4-3-9-7(13)10-5(4)8;/h3,11H,2H2,1H3,(H2,8,10,13);/q;+1/p-1/b6-4+;. The number of amidine groups is 1. The molecule has 0 unspecified atom stereocenters. The molecule has 14 heavy (non-hydrogen) atoms. The second-order valence-corrected chi connectivity index (χ2v) is 2.54. The minimum Gasteiger partial charge on any atom is -0.613 e. The van der Waals surface area contributed by atoms with Gasteiger partial charge in [0.15, 0.2) is 0 Å². The van der Waals surface area contributed by atoms with Crippen molar-refractivity contribution in [3.05, 3.63) is 11.5 Å². The molecule has 0 fully saturated rings. The van der Waals surface area contributed by atoms with Gasteiger partial charge < -0.3 is 15.6 Å². The third-order valence-electron chi connectivity index (χ3n) is 1.29. The summed E-state index contributed by atoms with van der Waals surface area (Å²) in [4.78, 5) is 7.32. The maximum Gasteiger partial charge on any atom is 1.00 e. The van der Waals surface area contributed by atoms with Gasteiger partial charge in [-0.3, -0.25) is 0 Å². The molecular weight excluding hydrogens is 213 g/mol. The number of hydrogen-bond acceptors (Lipinski definition) is 4. The number of nitrogens with two attached hydrogens (primary N) is 1. The van der Waals surface area contributed by atoms with Gasteiger partial charge in [0.2, 0.25) is 5.11 Å². The molecule has 0 radical (unpaired) electrons. The molecule has 1 heterocycles. The van der Waals surface area contributed by atoms with E-state index in [0.29, 0.717) is 0 Å². The van der Waals surface area contributed by atoms with Crippen LogP contribution in [0.3, 0.4) is 0 Å². The monoisotopic (exact) mass is 221 g/mol. The van der Waals surface area contributed by atoms with Crippen molar-refractivity contribution in [1.82, 2.24) is 0 Å². The number of aliphatic imine (C=N–C) groups is 2. The van der Waals surface area contributed by atoms with Crippen LogP contribution in [0.5, 0.6) is 0 Å². The van der Waals surface area contributed by atoms with Crippen LogP contribution in [-0.2, 0) is 4.74 Å². The van der Waals surface area contributed by atoms with Gasteiger partial charge in [-0.15, -0.1) is 0 Å². The van der Waals surface area contributed by atoms with Gasteiger partial charge in [-0.05, 0) is 18.8 Å². The molecular formula is C7H8N3NaO2S. The van der Waals surface area contributed by atoms with Crippen LogP contribution in [0.1, 0.15) is 6.92 Å². The molecule has 0 atom stereocenters. The van der Waals surface area contributed by atoms with Crippen molar-refractivity contribution < 1.29 is 39.4 Å². The molecule has 0 amide bonds. The summed E-state index contributed by atoms with van der Waals surface area (Å²) in [5, 5.41) is 11.3. The first-order valence-electron chi connectivity index (χ1n) is 3.61. The molecule has 0 saturated heterocycles. The van der Waals surface area contributed by atoms with E-state index in [4.69, 9.17) is 10.5 Å². The summed E-state index contributed by atoms with van der Waals surface area (Å²) in [6.07, 6.45) is 1.27. The van der Waals surface area contributed by atoms with Crippen molar-refractivity contribution in [3.63, 3.8) is 0 Å². The molecule has 0 aromatic carbocycles. The molecule has 7 heteroatoms. The average molecular weight is 221 g/mol. The van der Waals surface area contributed by atoms with E-state index >= 15 is 0 Å². The first-order valence-corrected chi connectivity index (χ1v) is 4.02. The van der Waals surface area contributed by atoms with E-state index in [1.807, 2.05) is 0 Å². The van der Waals surface area contributed by atoms with E-state index < -0.39 is 5.95 Å². The molecule has 0 bridgehead atoms. The van der Waals surface area contributed by atoms with Crippen molar-refractivity contribution in [2.24, 2.45) is 15.7 Å². The second-order valence-electron chi connectivity index (χ2n) is 2.17. The molecule has 0 aromatic rings. The summed E-state index contributed by atoms with van der Waals surface area (Å²) in [5.41, 5.74) is 5.58. The molecule has 0 spiro atoms. The van der Waals surface area contributed by atoms with Gasteiger partial charge in [0, 0.05) is 6.21 Å². The van der Waals surface area contributed by atoms with E-state index in [-0.39, 0.29) is 52.7 Å². The zero-order valence-electron chi connectivity index (χ0n) is 7.98. The molecule has 1 aliphatic rings. The second kappa shape index (κ2) is 6.13. The van der Waals surface area contributed by atoms with Crippen LogP contribution < -0.4 is 40.4 Å².